The zero-order valence-corrected chi connectivity index (χ0v) is 19.6. The van der Waals surface area contributed by atoms with Crippen molar-refractivity contribution in [2.45, 2.75) is 57.9 Å². The number of aromatic nitrogens is 2. The molecule has 1 N–H and O–H groups in total. The number of halogens is 1. The molecule has 5 nitrogen and oxygen atoms in total. The molecule has 1 fully saturated rings. The number of benzene rings is 2. The first-order valence-corrected chi connectivity index (χ1v) is 12.0. The average molecular weight is 451 g/mol. The van der Waals surface area contributed by atoms with Gasteiger partial charge in [-0.3, -0.25) is 4.79 Å². The summed E-state index contributed by atoms with van der Waals surface area (Å²) in [6.07, 6.45) is 4.49. The first-order chi connectivity index (χ1) is 15.5. The fourth-order valence-electron chi connectivity index (χ4n) is 3.79. The molecule has 0 radical (unpaired) electrons. The quantitative estimate of drug-likeness (QED) is 0.442. The highest BCUT2D eigenvalue weighted by Crippen LogP contribution is 2.40. The van der Waals surface area contributed by atoms with Crippen LogP contribution in [0.3, 0.4) is 0 Å². The van der Waals surface area contributed by atoms with Crippen molar-refractivity contribution in [2.24, 2.45) is 0 Å². The molecule has 1 heterocycles. The van der Waals surface area contributed by atoms with Gasteiger partial charge in [0, 0.05) is 41.9 Å². The summed E-state index contributed by atoms with van der Waals surface area (Å²) in [5, 5.41) is 4.73. The SMILES string of the molecule is CC[C@H](C)NC(=O)CCN(CCc1ccccc1)c1nc(C2CC2)nc2cc(Cl)ccc12. The van der Waals surface area contributed by atoms with E-state index in [1.165, 1.54) is 5.56 Å². The molecule has 4 rings (SSSR count). The molecular formula is C26H31ClN4O. The average Bonchev–Trinajstić information content (AvgIpc) is 3.64. The molecule has 0 saturated heterocycles. The summed E-state index contributed by atoms with van der Waals surface area (Å²) in [6.45, 7) is 5.50. The third-order valence-corrected chi connectivity index (χ3v) is 6.28. The molecule has 0 bridgehead atoms. The van der Waals surface area contributed by atoms with Crippen LogP contribution in [0.15, 0.2) is 48.5 Å². The second-order valence-corrected chi connectivity index (χ2v) is 9.13. The summed E-state index contributed by atoms with van der Waals surface area (Å²) in [7, 11) is 0. The van der Waals surface area contributed by atoms with Gasteiger partial charge in [-0.25, -0.2) is 9.97 Å². The van der Waals surface area contributed by atoms with E-state index in [1.807, 2.05) is 31.2 Å². The van der Waals surface area contributed by atoms with Gasteiger partial charge >= 0.3 is 0 Å². The third-order valence-electron chi connectivity index (χ3n) is 6.04. The van der Waals surface area contributed by atoms with Crippen molar-refractivity contribution in [3.63, 3.8) is 0 Å². The Morgan fingerprint density at radius 3 is 2.66 bits per heavy atom. The molecular weight excluding hydrogens is 420 g/mol. The lowest BCUT2D eigenvalue weighted by atomic mass is 10.1. The molecule has 3 aromatic rings. The van der Waals surface area contributed by atoms with Crippen LogP contribution in [0, 0.1) is 0 Å². The number of hydrogen-bond donors (Lipinski definition) is 1. The maximum atomic E-state index is 12.5. The normalized spacial score (nSPS) is 14.3. The minimum atomic E-state index is 0.0767. The van der Waals surface area contributed by atoms with Crippen LogP contribution in [-0.2, 0) is 11.2 Å². The van der Waals surface area contributed by atoms with Gasteiger partial charge < -0.3 is 10.2 Å². The molecule has 0 unspecified atom stereocenters. The number of carbonyl (C=O) groups excluding carboxylic acids is 1. The Labute approximate surface area is 195 Å². The van der Waals surface area contributed by atoms with E-state index in [0.29, 0.717) is 23.9 Å². The summed E-state index contributed by atoms with van der Waals surface area (Å²) in [5.74, 6) is 2.30. The topological polar surface area (TPSA) is 58.1 Å². The molecule has 1 saturated carbocycles. The molecule has 6 heteroatoms. The third kappa shape index (κ3) is 5.77. The van der Waals surface area contributed by atoms with Gasteiger partial charge in [-0.05, 0) is 56.4 Å². The maximum Gasteiger partial charge on any atom is 0.221 e. The Hall–Kier alpha value is -2.66. The summed E-state index contributed by atoms with van der Waals surface area (Å²) in [4.78, 5) is 24.6. The van der Waals surface area contributed by atoms with E-state index in [1.54, 1.807) is 0 Å². The molecule has 1 aliphatic rings. The zero-order chi connectivity index (χ0) is 22.5. The number of anilines is 1. The second kappa shape index (κ2) is 10.3. The maximum absolute atomic E-state index is 12.5. The van der Waals surface area contributed by atoms with Gasteiger partial charge in [0.2, 0.25) is 5.91 Å². The second-order valence-electron chi connectivity index (χ2n) is 8.69. The molecule has 0 spiro atoms. The van der Waals surface area contributed by atoms with Crippen LogP contribution < -0.4 is 10.2 Å². The highest BCUT2D eigenvalue weighted by atomic mass is 35.5. The lowest BCUT2D eigenvalue weighted by Gasteiger charge is -2.26. The van der Waals surface area contributed by atoms with Gasteiger partial charge in [0.1, 0.15) is 11.6 Å². The lowest BCUT2D eigenvalue weighted by Crippen LogP contribution is -2.36. The van der Waals surface area contributed by atoms with Crippen molar-refractivity contribution in [3.05, 3.63) is 64.9 Å². The van der Waals surface area contributed by atoms with Gasteiger partial charge in [-0.2, -0.15) is 0 Å². The van der Waals surface area contributed by atoms with Crippen molar-refractivity contribution in [3.8, 4) is 0 Å². The lowest BCUT2D eigenvalue weighted by molar-refractivity contribution is -0.121. The fraction of sp³-hybridized carbons (Fsp3) is 0.423. The first-order valence-electron chi connectivity index (χ1n) is 11.6. The van der Waals surface area contributed by atoms with Crippen molar-refractivity contribution in [1.29, 1.82) is 0 Å². The van der Waals surface area contributed by atoms with Crippen molar-refractivity contribution in [2.75, 3.05) is 18.0 Å². The minimum absolute atomic E-state index is 0.0767. The number of rotatable bonds is 10. The number of nitrogens with one attached hydrogen (secondary N) is 1. The molecule has 2 aromatic carbocycles. The Bertz CT molecular complexity index is 1070. The molecule has 1 amide bonds. The van der Waals surface area contributed by atoms with E-state index in [2.05, 4.69) is 41.4 Å². The van der Waals surface area contributed by atoms with Crippen molar-refractivity contribution >= 4 is 34.2 Å². The van der Waals surface area contributed by atoms with Crippen LogP contribution in [0.5, 0.6) is 0 Å². The highest BCUT2D eigenvalue weighted by Gasteiger charge is 2.28. The Balaban J connectivity index is 1.63. The van der Waals surface area contributed by atoms with Crippen LogP contribution in [0.2, 0.25) is 5.02 Å². The van der Waals surface area contributed by atoms with Crippen molar-refractivity contribution < 1.29 is 4.79 Å². The Kier molecular flexibility index (Phi) is 7.26. The Morgan fingerprint density at radius 1 is 1.16 bits per heavy atom. The van der Waals surface area contributed by atoms with Crippen LogP contribution in [0.4, 0.5) is 5.82 Å². The molecule has 168 valence electrons. The van der Waals surface area contributed by atoms with E-state index in [-0.39, 0.29) is 11.9 Å². The first kappa shape index (κ1) is 22.5. The van der Waals surface area contributed by atoms with E-state index in [9.17, 15) is 4.79 Å². The van der Waals surface area contributed by atoms with E-state index in [0.717, 1.165) is 54.8 Å². The molecule has 0 aliphatic heterocycles. The largest absolute Gasteiger partial charge is 0.355 e. The molecule has 32 heavy (non-hydrogen) atoms. The molecule has 1 aliphatic carbocycles. The predicted molar refractivity (Wildman–Crippen MR) is 131 cm³/mol. The van der Waals surface area contributed by atoms with Crippen LogP contribution >= 0.6 is 11.6 Å². The van der Waals surface area contributed by atoms with Crippen LogP contribution in [0.1, 0.15) is 56.8 Å². The van der Waals surface area contributed by atoms with Crippen LogP contribution in [-0.4, -0.2) is 35.0 Å². The monoisotopic (exact) mass is 450 g/mol. The van der Waals surface area contributed by atoms with Gasteiger partial charge in [0.05, 0.1) is 5.52 Å². The van der Waals surface area contributed by atoms with Crippen molar-refractivity contribution in [1.82, 2.24) is 15.3 Å². The van der Waals surface area contributed by atoms with Gasteiger partial charge in [-0.15, -0.1) is 0 Å². The molecule has 1 atom stereocenters. The smallest absolute Gasteiger partial charge is 0.221 e. The van der Waals surface area contributed by atoms with Gasteiger partial charge in [0.25, 0.3) is 0 Å². The predicted octanol–water partition coefficient (Wildman–Crippen LogP) is 5.51. The number of hydrogen-bond acceptors (Lipinski definition) is 4. The van der Waals surface area contributed by atoms with E-state index >= 15 is 0 Å². The zero-order valence-electron chi connectivity index (χ0n) is 18.9. The summed E-state index contributed by atoms with van der Waals surface area (Å²) < 4.78 is 0. The minimum Gasteiger partial charge on any atom is -0.355 e. The number of nitrogens with zero attached hydrogens (tertiary/aromatic N) is 3. The van der Waals surface area contributed by atoms with Gasteiger partial charge in [-0.1, -0.05) is 48.9 Å². The Morgan fingerprint density at radius 2 is 1.94 bits per heavy atom. The number of amides is 1. The summed E-state index contributed by atoms with van der Waals surface area (Å²) in [6, 6.07) is 16.4. The number of carbonyl (C=O) groups is 1. The van der Waals surface area contributed by atoms with Gasteiger partial charge in [0.15, 0.2) is 0 Å². The molecule has 1 aromatic heterocycles. The van der Waals surface area contributed by atoms with E-state index < -0.39 is 0 Å². The number of fused-ring (bicyclic) bond motifs is 1. The standard InChI is InChI=1S/C26H31ClN4O/c1-3-18(2)28-24(32)14-16-31(15-13-19-7-5-4-6-8-19)26-22-12-11-21(27)17-23(22)29-25(30-26)20-9-10-20/h4-8,11-12,17-18,20H,3,9-10,13-16H2,1-2H3,(H,28,32)/t18-/m0/s1. The fourth-order valence-corrected chi connectivity index (χ4v) is 3.95. The summed E-state index contributed by atoms with van der Waals surface area (Å²) in [5.41, 5.74) is 2.14. The summed E-state index contributed by atoms with van der Waals surface area (Å²) >= 11 is 6.28. The van der Waals surface area contributed by atoms with E-state index in [4.69, 9.17) is 21.6 Å². The highest BCUT2D eigenvalue weighted by molar-refractivity contribution is 6.31. The van der Waals surface area contributed by atoms with Crippen LogP contribution in [0.25, 0.3) is 10.9 Å².